The van der Waals surface area contributed by atoms with Gasteiger partial charge in [0.05, 0.1) is 19.1 Å². The van der Waals surface area contributed by atoms with Crippen LogP contribution in [0.1, 0.15) is 37.9 Å². The van der Waals surface area contributed by atoms with Crippen molar-refractivity contribution in [1.29, 1.82) is 0 Å². The summed E-state index contributed by atoms with van der Waals surface area (Å²) in [7, 11) is 1.39. The van der Waals surface area contributed by atoms with Gasteiger partial charge in [-0.15, -0.1) is 0 Å². The van der Waals surface area contributed by atoms with Crippen molar-refractivity contribution in [3.63, 3.8) is 0 Å². The molecule has 1 saturated heterocycles. The largest absolute Gasteiger partial charge is 0.469 e. The Labute approximate surface area is 150 Å². The number of nitrogens with zero attached hydrogens (tertiary/aromatic N) is 3. The predicted octanol–water partition coefficient (Wildman–Crippen LogP) is 1.25. The fourth-order valence-electron chi connectivity index (χ4n) is 3.39. The molecule has 8 heteroatoms. The van der Waals surface area contributed by atoms with Gasteiger partial charge in [-0.2, -0.15) is 0 Å². The zero-order valence-corrected chi connectivity index (χ0v) is 15.4. The van der Waals surface area contributed by atoms with Gasteiger partial charge in [-0.05, 0) is 19.3 Å². The number of aromatic nitrogens is 2. The first-order chi connectivity index (χ1) is 12.0. The van der Waals surface area contributed by atoms with Gasteiger partial charge in [0, 0.05) is 37.0 Å². The molecule has 0 aromatic carbocycles. The molecule has 7 nitrogen and oxygen atoms in total. The number of fused-ring (bicyclic) bond motifs is 1. The molecule has 0 spiro atoms. The molecule has 25 heavy (non-hydrogen) atoms. The molecule has 1 aromatic heterocycles. The number of ether oxygens (including phenoxy) is 1. The highest BCUT2D eigenvalue weighted by atomic mass is 32.2. The Hall–Kier alpha value is -1.83. The van der Waals surface area contributed by atoms with Crippen molar-refractivity contribution in [2.24, 2.45) is 5.92 Å². The second kappa shape index (κ2) is 7.59. The third-order valence-electron chi connectivity index (χ3n) is 4.90. The summed E-state index contributed by atoms with van der Waals surface area (Å²) < 4.78 is 6.43. The number of hydrogen-bond donors (Lipinski definition) is 0. The minimum absolute atomic E-state index is 0.0354. The van der Waals surface area contributed by atoms with E-state index in [0.29, 0.717) is 43.3 Å². The molecule has 1 fully saturated rings. The average Bonchev–Trinajstić information content (AvgIpc) is 3.04. The highest BCUT2D eigenvalue weighted by Crippen LogP contribution is 2.33. The van der Waals surface area contributed by atoms with Crippen LogP contribution in [0.3, 0.4) is 0 Å². The summed E-state index contributed by atoms with van der Waals surface area (Å²) in [6.45, 7) is 3.10. The third-order valence-corrected chi connectivity index (χ3v) is 6.00. The maximum absolute atomic E-state index is 12.6. The number of methoxy groups -OCH3 is 1. The van der Waals surface area contributed by atoms with Gasteiger partial charge in [-0.3, -0.25) is 19.0 Å². The topological polar surface area (TPSA) is 81.5 Å². The fraction of sp³-hybridized carbons (Fsp3) is 0.647. The molecule has 3 rings (SSSR count). The van der Waals surface area contributed by atoms with Crippen molar-refractivity contribution in [2.45, 2.75) is 43.8 Å². The van der Waals surface area contributed by atoms with Crippen LogP contribution in [-0.2, 0) is 20.7 Å². The van der Waals surface area contributed by atoms with Gasteiger partial charge < -0.3 is 9.64 Å². The summed E-state index contributed by atoms with van der Waals surface area (Å²) in [5, 5.41) is 0.714. The Balaban J connectivity index is 1.63. The number of likely N-dealkylation sites (tertiary alicyclic amines) is 1. The Morgan fingerprint density at radius 3 is 2.72 bits per heavy atom. The summed E-state index contributed by atoms with van der Waals surface area (Å²) in [4.78, 5) is 42.8. The zero-order valence-electron chi connectivity index (χ0n) is 14.6. The molecule has 1 atom stereocenters. The molecule has 1 unspecified atom stereocenters. The van der Waals surface area contributed by atoms with Crippen molar-refractivity contribution in [3.05, 3.63) is 22.1 Å². The number of rotatable bonds is 4. The first kappa shape index (κ1) is 18.0. The Kier molecular flexibility index (Phi) is 5.46. The van der Waals surface area contributed by atoms with Crippen molar-refractivity contribution < 1.29 is 14.3 Å². The number of thioether (sulfide) groups is 1. The van der Waals surface area contributed by atoms with Crippen LogP contribution >= 0.6 is 11.8 Å². The molecular formula is C17H23N3O4S. The molecule has 0 aliphatic carbocycles. The van der Waals surface area contributed by atoms with E-state index in [1.54, 1.807) is 15.5 Å². The third kappa shape index (κ3) is 3.73. The summed E-state index contributed by atoms with van der Waals surface area (Å²) in [5.41, 5.74) is 0.717. The fourth-order valence-corrected chi connectivity index (χ4v) is 4.56. The maximum atomic E-state index is 12.6. The lowest BCUT2D eigenvalue weighted by Crippen LogP contribution is -2.41. The van der Waals surface area contributed by atoms with Crippen LogP contribution in [0.4, 0.5) is 0 Å². The second-order valence-corrected chi connectivity index (χ2v) is 7.43. The lowest BCUT2D eigenvalue weighted by atomic mass is 9.96. The van der Waals surface area contributed by atoms with E-state index in [9.17, 15) is 14.4 Å². The smallest absolute Gasteiger partial charge is 0.308 e. The Morgan fingerprint density at radius 2 is 2.08 bits per heavy atom. The molecule has 1 aromatic rings. The van der Waals surface area contributed by atoms with Crippen molar-refractivity contribution in [2.75, 3.05) is 26.0 Å². The van der Waals surface area contributed by atoms with Gasteiger partial charge in [-0.25, -0.2) is 4.98 Å². The van der Waals surface area contributed by atoms with Gasteiger partial charge >= 0.3 is 5.97 Å². The van der Waals surface area contributed by atoms with Gasteiger partial charge in [0.25, 0.3) is 5.56 Å². The molecule has 0 bridgehead atoms. The zero-order chi connectivity index (χ0) is 18.0. The van der Waals surface area contributed by atoms with E-state index in [1.807, 2.05) is 6.92 Å². The van der Waals surface area contributed by atoms with E-state index < -0.39 is 0 Å². The highest BCUT2D eigenvalue weighted by molar-refractivity contribution is 7.99. The van der Waals surface area contributed by atoms with Crippen LogP contribution < -0.4 is 5.56 Å². The number of carbonyl (C=O) groups excluding carboxylic acids is 2. The van der Waals surface area contributed by atoms with Crippen LogP contribution in [0.5, 0.6) is 0 Å². The molecule has 136 valence electrons. The van der Waals surface area contributed by atoms with Gasteiger partial charge in [0.2, 0.25) is 5.91 Å². The quantitative estimate of drug-likeness (QED) is 0.590. The van der Waals surface area contributed by atoms with Crippen LogP contribution in [-0.4, -0.2) is 52.3 Å². The first-order valence-electron chi connectivity index (χ1n) is 8.64. The number of carbonyl (C=O) groups is 2. The molecule has 3 heterocycles. The summed E-state index contributed by atoms with van der Waals surface area (Å²) >= 11 is 1.54. The highest BCUT2D eigenvalue weighted by Gasteiger charge is 2.32. The number of amides is 1. The number of aryl methyl sites for hydroxylation is 1. The second-order valence-electron chi connectivity index (χ2n) is 6.44. The minimum atomic E-state index is -0.197. The number of esters is 1. The molecule has 0 saturated carbocycles. The molecule has 2 aliphatic heterocycles. The number of piperidine rings is 1. The standard InChI is InChI=1S/C17H23N3O4S/c1-3-12-8-15(22)20-13(10-25-17(20)18-12)9-14(21)19-6-4-11(5-7-19)16(23)24-2/h8,11,13H,3-7,9-10H2,1-2H3. The monoisotopic (exact) mass is 365 g/mol. The normalized spacial score (nSPS) is 20.4. The van der Waals surface area contributed by atoms with E-state index in [1.165, 1.54) is 18.9 Å². The lowest BCUT2D eigenvalue weighted by Gasteiger charge is -2.31. The van der Waals surface area contributed by atoms with E-state index >= 15 is 0 Å². The van der Waals surface area contributed by atoms with Crippen molar-refractivity contribution in [1.82, 2.24) is 14.5 Å². The summed E-state index contributed by atoms with van der Waals surface area (Å²) in [6.07, 6.45) is 2.30. The maximum Gasteiger partial charge on any atom is 0.308 e. The minimum Gasteiger partial charge on any atom is -0.469 e. The van der Waals surface area contributed by atoms with E-state index in [2.05, 4.69) is 4.98 Å². The summed E-state index contributed by atoms with van der Waals surface area (Å²) in [5.74, 6) is 0.418. The molecule has 0 radical (unpaired) electrons. The van der Waals surface area contributed by atoms with Crippen molar-refractivity contribution >= 4 is 23.6 Å². The van der Waals surface area contributed by atoms with Crippen LogP contribution in [0.25, 0.3) is 0 Å². The van der Waals surface area contributed by atoms with Gasteiger partial charge in [0.1, 0.15) is 0 Å². The summed E-state index contributed by atoms with van der Waals surface area (Å²) in [6, 6.07) is 1.42. The van der Waals surface area contributed by atoms with Crippen molar-refractivity contribution in [3.8, 4) is 0 Å². The first-order valence-corrected chi connectivity index (χ1v) is 9.63. The van der Waals surface area contributed by atoms with Gasteiger partial charge in [-0.1, -0.05) is 18.7 Å². The van der Waals surface area contributed by atoms with Crippen LogP contribution in [0.15, 0.2) is 16.0 Å². The molecule has 0 N–H and O–H groups in total. The van der Waals surface area contributed by atoms with Crippen LogP contribution in [0, 0.1) is 5.92 Å². The Morgan fingerprint density at radius 1 is 1.36 bits per heavy atom. The molecular weight excluding hydrogens is 342 g/mol. The molecule has 2 aliphatic rings. The van der Waals surface area contributed by atoms with Gasteiger partial charge in [0.15, 0.2) is 5.16 Å². The predicted molar refractivity (Wildman–Crippen MR) is 93.6 cm³/mol. The van der Waals surface area contributed by atoms with E-state index in [4.69, 9.17) is 4.74 Å². The number of hydrogen-bond acceptors (Lipinski definition) is 6. The average molecular weight is 365 g/mol. The SMILES string of the molecule is CCc1cc(=O)n2c(n1)SCC2CC(=O)N1CCC(C(=O)OC)CC1. The van der Waals surface area contributed by atoms with E-state index in [0.717, 1.165) is 12.1 Å². The molecule has 1 amide bonds. The lowest BCUT2D eigenvalue weighted by molar-refractivity contribution is -0.149. The Bertz CT molecular complexity index is 725. The van der Waals surface area contributed by atoms with Crippen LogP contribution in [0.2, 0.25) is 0 Å². The van der Waals surface area contributed by atoms with E-state index in [-0.39, 0.29) is 29.4 Å².